The minimum Gasteiger partial charge on any atom is -0.492 e. The molecule has 5 nitrogen and oxygen atoms in total. The number of rotatable bonds is 5. The van der Waals surface area contributed by atoms with Crippen LogP contribution in [0.25, 0.3) is 10.2 Å². The second kappa shape index (κ2) is 5.20. The van der Waals surface area contributed by atoms with Gasteiger partial charge in [0, 0.05) is 0 Å². The van der Waals surface area contributed by atoms with E-state index in [1.54, 1.807) is 0 Å². The van der Waals surface area contributed by atoms with E-state index < -0.39 is 0 Å². The molecule has 0 fully saturated rings. The second-order valence-corrected chi connectivity index (χ2v) is 4.27. The third-order valence-electron chi connectivity index (χ3n) is 2.19. The minimum atomic E-state index is 0.603. The summed E-state index contributed by atoms with van der Waals surface area (Å²) in [5, 5.41) is 0.646. The third kappa shape index (κ3) is 2.27. The number of thiazole rings is 1. The number of hydrogen-bond donors (Lipinski definition) is 2. The number of anilines is 1. The monoisotopic (exact) mass is 253 g/mol. The Morgan fingerprint density at radius 1 is 1.24 bits per heavy atom. The summed E-state index contributed by atoms with van der Waals surface area (Å²) < 4.78 is 12.0. The highest BCUT2D eigenvalue weighted by Crippen LogP contribution is 2.38. The molecule has 1 aromatic heterocycles. The minimum absolute atomic E-state index is 0.603. The van der Waals surface area contributed by atoms with E-state index in [1.807, 2.05) is 26.0 Å². The number of benzene rings is 1. The van der Waals surface area contributed by atoms with Gasteiger partial charge in [0.05, 0.1) is 13.2 Å². The lowest BCUT2D eigenvalue weighted by Gasteiger charge is -2.07. The van der Waals surface area contributed by atoms with Crippen LogP contribution in [0.5, 0.6) is 11.5 Å². The van der Waals surface area contributed by atoms with Gasteiger partial charge in [0.1, 0.15) is 21.7 Å². The van der Waals surface area contributed by atoms with Crippen LogP contribution in [0.4, 0.5) is 5.13 Å². The van der Waals surface area contributed by atoms with Crippen LogP contribution in [0.1, 0.15) is 13.8 Å². The molecule has 0 saturated carbocycles. The molecule has 0 radical (unpaired) electrons. The first-order chi connectivity index (χ1) is 8.30. The Morgan fingerprint density at radius 3 is 2.53 bits per heavy atom. The topological polar surface area (TPSA) is 69.4 Å². The number of ether oxygens (including phenoxy) is 2. The summed E-state index contributed by atoms with van der Waals surface area (Å²) >= 11 is 1.45. The van der Waals surface area contributed by atoms with Gasteiger partial charge >= 0.3 is 0 Å². The first-order valence-corrected chi connectivity index (χ1v) is 6.27. The maximum atomic E-state index is 5.56. The van der Waals surface area contributed by atoms with Crippen LogP contribution in [-0.4, -0.2) is 18.2 Å². The Hall–Kier alpha value is -1.53. The molecule has 0 spiro atoms. The van der Waals surface area contributed by atoms with Crippen molar-refractivity contribution in [3.05, 3.63) is 12.1 Å². The fourth-order valence-corrected chi connectivity index (χ4v) is 2.42. The lowest BCUT2D eigenvalue weighted by Crippen LogP contribution is -2.05. The molecule has 0 unspecified atom stereocenters. The van der Waals surface area contributed by atoms with Crippen LogP contribution in [0, 0.1) is 0 Å². The molecule has 6 heteroatoms. The molecule has 1 heterocycles. The highest BCUT2D eigenvalue weighted by Gasteiger charge is 2.13. The Kier molecular flexibility index (Phi) is 3.65. The molecule has 0 aliphatic carbocycles. The van der Waals surface area contributed by atoms with Crippen molar-refractivity contribution in [1.82, 2.24) is 4.98 Å². The maximum Gasteiger partial charge on any atom is 0.198 e. The van der Waals surface area contributed by atoms with Crippen LogP contribution in [0.2, 0.25) is 0 Å². The van der Waals surface area contributed by atoms with Gasteiger partial charge in [-0.15, -0.1) is 0 Å². The molecule has 17 heavy (non-hydrogen) atoms. The zero-order chi connectivity index (χ0) is 12.3. The van der Waals surface area contributed by atoms with Crippen molar-refractivity contribution >= 4 is 26.7 Å². The Morgan fingerprint density at radius 2 is 1.88 bits per heavy atom. The highest BCUT2D eigenvalue weighted by atomic mass is 32.1. The summed E-state index contributed by atoms with van der Waals surface area (Å²) in [7, 11) is 0. The number of hydrogen-bond acceptors (Lipinski definition) is 6. The summed E-state index contributed by atoms with van der Waals surface area (Å²) in [4.78, 5) is 4.37. The van der Waals surface area contributed by atoms with E-state index in [-0.39, 0.29) is 0 Å². The number of aromatic nitrogens is 1. The van der Waals surface area contributed by atoms with Crippen molar-refractivity contribution in [3.8, 4) is 11.5 Å². The number of nitrogens with zero attached hydrogens (tertiary/aromatic N) is 1. The highest BCUT2D eigenvalue weighted by molar-refractivity contribution is 7.22. The van der Waals surface area contributed by atoms with Crippen LogP contribution >= 0.6 is 11.3 Å². The fraction of sp³-hybridized carbons (Fsp3) is 0.364. The quantitative estimate of drug-likeness (QED) is 0.632. The van der Waals surface area contributed by atoms with Crippen molar-refractivity contribution in [2.45, 2.75) is 13.8 Å². The Labute approximate surface area is 104 Å². The number of hydrazine groups is 1. The molecular weight excluding hydrogens is 238 g/mol. The van der Waals surface area contributed by atoms with Crippen molar-refractivity contribution in [2.24, 2.45) is 5.84 Å². The Bertz CT molecular complexity index is 470. The van der Waals surface area contributed by atoms with E-state index in [1.165, 1.54) is 11.3 Å². The van der Waals surface area contributed by atoms with Crippen LogP contribution < -0.4 is 20.7 Å². The van der Waals surface area contributed by atoms with Crippen molar-refractivity contribution in [3.63, 3.8) is 0 Å². The van der Waals surface area contributed by atoms with Gasteiger partial charge < -0.3 is 9.47 Å². The summed E-state index contributed by atoms with van der Waals surface area (Å²) in [5.74, 6) is 6.94. The van der Waals surface area contributed by atoms with Crippen LogP contribution in [0.3, 0.4) is 0 Å². The smallest absolute Gasteiger partial charge is 0.198 e. The molecular formula is C11H15N3O2S. The first-order valence-electron chi connectivity index (χ1n) is 5.45. The lowest BCUT2D eigenvalue weighted by molar-refractivity contribution is 0.336. The van der Waals surface area contributed by atoms with E-state index >= 15 is 0 Å². The van der Waals surface area contributed by atoms with Gasteiger partial charge in [-0.3, -0.25) is 5.43 Å². The number of nitrogens with two attached hydrogens (primary N) is 1. The van der Waals surface area contributed by atoms with Gasteiger partial charge in [-0.2, -0.15) is 0 Å². The van der Waals surface area contributed by atoms with E-state index in [0.717, 1.165) is 21.7 Å². The SMILES string of the molecule is CCOc1ccc(OCC)c2sc(NN)nc12. The van der Waals surface area contributed by atoms with Crippen LogP contribution in [0.15, 0.2) is 12.1 Å². The zero-order valence-corrected chi connectivity index (χ0v) is 10.6. The van der Waals surface area contributed by atoms with E-state index in [0.29, 0.717) is 18.3 Å². The van der Waals surface area contributed by atoms with Gasteiger partial charge in [0.25, 0.3) is 0 Å². The molecule has 2 aromatic rings. The van der Waals surface area contributed by atoms with Crippen LogP contribution in [-0.2, 0) is 0 Å². The predicted molar refractivity (Wildman–Crippen MR) is 69.8 cm³/mol. The van der Waals surface area contributed by atoms with E-state index in [4.69, 9.17) is 15.3 Å². The number of fused-ring (bicyclic) bond motifs is 1. The summed E-state index contributed by atoms with van der Waals surface area (Å²) in [6, 6.07) is 3.77. The summed E-state index contributed by atoms with van der Waals surface area (Å²) in [5.41, 5.74) is 3.34. The van der Waals surface area contributed by atoms with Gasteiger partial charge in [0.15, 0.2) is 5.13 Å². The van der Waals surface area contributed by atoms with Gasteiger partial charge in [-0.1, -0.05) is 11.3 Å². The summed E-state index contributed by atoms with van der Waals surface area (Å²) in [6.45, 7) is 5.11. The Balaban J connectivity index is 2.56. The van der Waals surface area contributed by atoms with Gasteiger partial charge in [-0.25, -0.2) is 10.8 Å². The van der Waals surface area contributed by atoms with Gasteiger partial charge in [0.2, 0.25) is 0 Å². The second-order valence-electron chi connectivity index (χ2n) is 3.27. The number of nitrogens with one attached hydrogen (secondary N) is 1. The molecule has 0 amide bonds. The molecule has 0 aliphatic rings. The molecule has 2 rings (SSSR count). The standard InChI is InChI=1S/C11H15N3O2S/c1-3-15-7-5-6-8(16-4-2)10-9(7)13-11(14-12)17-10/h5-6H,3-4,12H2,1-2H3,(H,13,14). The third-order valence-corrected chi connectivity index (χ3v) is 3.19. The molecule has 92 valence electrons. The molecule has 0 bridgehead atoms. The molecule has 1 aromatic carbocycles. The largest absolute Gasteiger partial charge is 0.492 e. The van der Waals surface area contributed by atoms with Crippen molar-refractivity contribution < 1.29 is 9.47 Å². The van der Waals surface area contributed by atoms with Crippen molar-refractivity contribution in [1.29, 1.82) is 0 Å². The van der Waals surface area contributed by atoms with Crippen molar-refractivity contribution in [2.75, 3.05) is 18.6 Å². The molecule has 0 aliphatic heterocycles. The molecule has 0 atom stereocenters. The summed E-state index contributed by atoms with van der Waals surface area (Å²) in [6.07, 6.45) is 0. The lowest BCUT2D eigenvalue weighted by atomic mass is 10.3. The van der Waals surface area contributed by atoms with E-state index in [2.05, 4.69) is 10.4 Å². The average Bonchev–Trinajstić information content (AvgIpc) is 2.77. The predicted octanol–water partition coefficient (Wildman–Crippen LogP) is 2.38. The normalized spacial score (nSPS) is 10.5. The average molecular weight is 253 g/mol. The maximum absolute atomic E-state index is 5.56. The number of nitrogen functional groups attached to an aromatic ring is 1. The zero-order valence-electron chi connectivity index (χ0n) is 9.82. The molecule has 3 N–H and O–H groups in total. The first kappa shape index (κ1) is 11.9. The fourth-order valence-electron chi connectivity index (χ4n) is 1.56. The van der Waals surface area contributed by atoms with E-state index in [9.17, 15) is 0 Å². The molecule has 0 saturated heterocycles. The van der Waals surface area contributed by atoms with Gasteiger partial charge in [-0.05, 0) is 26.0 Å².